The number of thioether (sulfide) groups is 1. The highest BCUT2D eigenvalue weighted by Gasteiger charge is 2.05. The highest BCUT2D eigenvalue weighted by molar-refractivity contribution is 7.98. The number of hydrogen-bond acceptors (Lipinski definition) is 4. The quantitative estimate of drug-likeness (QED) is 0.768. The first kappa shape index (κ1) is 11.1. The summed E-state index contributed by atoms with van der Waals surface area (Å²) in [5.74, 6) is 0.719. The molecule has 16 heavy (non-hydrogen) atoms. The second kappa shape index (κ2) is 4.61. The molecule has 2 aromatic rings. The van der Waals surface area contributed by atoms with Crippen molar-refractivity contribution in [3.63, 3.8) is 0 Å². The molecule has 0 unspecified atom stereocenters. The lowest BCUT2D eigenvalue weighted by molar-refractivity contribution is 0.340. The van der Waals surface area contributed by atoms with Gasteiger partial charge in [-0.05, 0) is 25.3 Å². The third-order valence-electron chi connectivity index (χ3n) is 2.19. The standard InChI is InChI=1S/C12H12O3S/c1-3-14-8-4-5-9-10(13)7-12(16-2)15-11(9)6-8/h4-7H,3H2,1-2H3. The lowest BCUT2D eigenvalue weighted by atomic mass is 10.2. The summed E-state index contributed by atoms with van der Waals surface area (Å²) in [5.41, 5.74) is 0.552. The van der Waals surface area contributed by atoms with Gasteiger partial charge in [0.05, 0.1) is 12.0 Å². The maximum absolute atomic E-state index is 11.7. The number of benzene rings is 1. The van der Waals surface area contributed by atoms with Crippen LogP contribution in [0.5, 0.6) is 5.75 Å². The third-order valence-corrected chi connectivity index (χ3v) is 2.79. The Morgan fingerprint density at radius 2 is 2.19 bits per heavy atom. The van der Waals surface area contributed by atoms with E-state index in [1.54, 1.807) is 18.2 Å². The van der Waals surface area contributed by atoms with Crippen LogP contribution in [0.1, 0.15) is 6.92 Å². The molecule has 2 rings (SSSR count). The summed E-state index contributed by atoms with van der Waals surface area (Å²) in [6, 6.07) is 6.77. The van der Waals surface area contributed by atoms with E-state index in [2.05, 4.69) is 0 Å². The van der Waals surface area contributed by atoms with Crippen molar-refractivity contribution in [1.82, 2.24) is 0 Å². The normalized spacial score (nSPS) is 10.6. The third kappa shape index (κ3) is 2.07. The van der Waals surface area contributed by atoms with Crippen molar-refractivity contribution in [2.24, 2.45) is 0 Å². The van der Waals surface area contributed by atoms with Crippen LogP contribution in [0, 0.1) is 0 Å². The second-order valence-corrected chi connectivity index (χ2v) is 4.04. The molecule has 0 aliphatic heterocycles. The van der Waals surface area contributed by atoms with Gasteiger partial charge in [0.2, 0.25) is 0 Å². The fourth-order valence-electron chi connectivity index (χ4n) is 1.47. The zero-order valence-corrected chi connectivity index (χ0v) is 9.97. The van der Waals surface area contributed by atoms with Crippen LogP contribution >= 0.6 is 11.8 Å². The summed E-state index contributed by atoms with van der Waals surface area (Å²) in [7, 11) is 0. The Morgan fingerprint density at radius 1 is 1.38 bits per heavy atom. The highest BCUT2D eigenvalue weighted by Crippen LogP contribution is 2.22. The number of ether oxygens (including phenoxy) is 1. The molecule has 1 heterocycles. The molecule has 3 nitrogen and oxygen atoms in total. The smallest absolute Gasteiger partial charge is 0.193 e. The molecule has 4 heteroatoms. The van der Waals surface area contributed by atoms with E-state index in [1.165, 1.54) is 17.8 Å². The summed E-state index contributed by atoms with van der Waals surface area (Å²) >= 11 is 1.41. The van der Waals surface area contributed by atoms with Gasteiger partial charge in [-0.1, -0.05) is 11.8 Å². The minimum Gasteiger partial charge on any atom is -0.494 e. The van der Waals surface area contributed by atoms with E-state index < -0.39 is 0 Å². The summed E-state index contributed by atoms with van der Waals surface area (Å²) in [6.07, 6.45) is 1.87. The first-order valence-electron chi connectivity index (χ1n) is 4.99. The monoisotopic (exact) mass is 236 g/mol. The van der Waals surface area contributed by atoms with E-state index in [-0.39, 0.29) is 5.43 Å². The van der Waals surface area contributed by atoms with Crippen molar-refractivity contribution in [3.05, 3.63) is 34.5 Å². The minimum absolute atomic E-state index is 0.0198. The van der Waals surface area contributed by atoms with Crippen molar-refractivity contribution < 1.29 is 9.15 Å². The fourth-order valence-corrected chi connectivity index (χ4v) is 1.87. The molecule has 0 aliphatic carbocycles. The van der Waals surface area contributed by atoms with Crippen LogP contribution in [0.15, 0.2) is 38.6 Å². The summed E-state index contributed by atoms with van der Waals surface area (Å²) in [6.45, 7) is 2.51. The zero-order chi connectivity index (χ0) is 11.5. The Morgan fingerprint density at radius 3 is 2.88 bits per heavy atom. The van der Waals surface area contributed by atoms with Crippen LogP contribution in [-0.2, 0) is 0 Å². The van der Waals surface area contributed by atoms with Gasteiger partial charge < -0.3 is 9.15 Å². The first-order chi connectivity index (χ1) is 7.74. The fraction of sp³-hybridized carbons (Fsp3) is 0.250. The minimum atomic E-state index is -0.0198. The summed E-state index contributed by atoms with van der Waals surface area (Å²) < 4.78 is 10.9. The van der Waals surface area contributed by atoms with Gasteiger partial charge in [-0.25, -0.2) is 0 Å². The van der Waals surface area contributed by atoms with Crippen molar-refractivity contribution >= 4 is 22.7 Å². The van der Waals surface area contributed by atoms with Gasteiger partial charge in [-0.2, -0.15) is 0 Å². The van der Waals surface area contributed by atoms with E-state index in [4.69, 9.17) is 9.15 Å². The molecular weight excluding hydrogens is 224 g/mol. The molecule has 0 aliphatic rings. The summed E-state index contributed by atoms with van der Waals surface area (Å²) in [4.78, 5) is 11.7. The second-order valence-electron chi connectivity index (χ2n) is 3.22. The van der Waals surface area contributed by atoms with Crippen molar-refractivity contribution in [3.8, 4) is 5.75 Å². The van der Waals surface area contributed by atoms with Gasteiger partial charge in [-0.15, -0.1) is 0 Å². The van der Waals surface area contributed by atoms with Crippen LogP contribution < -0.4 is 10.2 Å². The maximum Gasteiger partial charge on any atom is 0.193 e. The number of rotatable bonds is 3. The predicted octanol–water partition coefficient (Wildman–Crippen LogP) is 2.91. The molecule has 0 spiro atoms. The molecule has 0 fully saturated rings. The van der Waals surface area contributed by atoms with Gasteiger partial charge in [0.15, 0.2) is 10.5 Å². The molecule has 0 N–H and O–H groups in total. The zero-order valence-electron chi connectivity index (χ0n) is 9.15. The lowest BCUT2D eigenvalue weighted by Crippen LogP contribution is -2.00. The largest absolute Gasteiger partial charge is 0.494 e. The van der Waals surface area contributed by atoms with Crippen LogP contribution in [-0.4, -0.2) is 12.9 Å². The molecule has 1 aromatic carbocycles. The number of hydrogen-bond donors (Lipinski definition) is 0. The predicted molar refractivity (Wildman–Crippen MR) is 65.4 cm³/mol. The van der Waals surface area contributed by atoms with E-state index in [0.717, 1.165) is 5.75 Å². The van der Waals surface area contributed by atoms with Crippen LogP contribution in [0.4, 0.5) is 0 Å². The van der Waals surface area contributed by atoms with Crippen molar-refractivity contribution in [2.75, 3.05) is 12.9 Å². The Labute approximate surface area is 97.4 Å². The van der Waals surface area contributed by atoms with Gasteiger partial charge in [-0.3, -0.25) is 4.79 Å². The Hall–Kier alpha value is -1.42. The van der Waals surface area contributed by atoms with Crippen molar-refractivity contribution in [2.45, 2.75) is 12.0 Å². The first-order valence-corrected chi connectivity index (χ1v) is 6.21. The van der Waals surface area contributed by atoms with Crippen LogP contribution in [0.25, 0.3) is 11.0 Å². The van der Waals surface area contributed by atoms with Gasteiger partial charge >= 0.3 is 0 Å². The van der Waals surface area contributed by atoms with Crippen molar-refractivity contribution in [1.29, 1.82) is 0 Å². The highest BCUT2D eigenvalue weighted by atomic mass is 32.2. The molecular formula is C12H12O3S. The van der Waals surface area contributed by atoms with Crippen LogP contribution in [0.3, 0.4) is 0 Å². The lowest BCUT2D eigenvalue weighted by Gasteiger charge is -2.04. The summed E-state index contributed by atoms with van der Waals surface area (Å²) in [5, 5.41) is 1.20. The number of fused-ring (bicyclic) bond motifs is 1. The topological polar surface area (TPSA) is 39.4 Å². The molecule has 0 radical (unpaired) electrons. The van der Waals surface area contributed by atoms with Gasteiger partial charge in [0.1, 0.15) is 11.3 Å². The Bertz CT molecular complexity index is 560. The average molecular weight is 236 g/mol. The SMILES string of the molecule is CCOc1ccc2c(=O)cc(SC)oc2c1. The molecule has 0 bridgehead atoms. The van der Waals surface area contributed by atoms with Gasteiger partial charge in [0, 0.05) is 12.1 Å². The van der Waals surface area contributed by atoms with E-state index in [1.807, 2.05) is 13.2 Å². The maximum atomic E-state index is 11.7. The molecule has 0 saturated carbocycles. The van der Waals surface area contributed by atoms with Crippen LogP contribution in [0.2, 0.25) is 0 Å². The molecule has 0 saturated heterocycles. The molecule has 0 amide bonds. The van der Waals surface area contributed by atoms with E-state index in [9.17, 15) is 4.79 Å². The molecule has 1 aromatic heterocycles. The molecule has 0 atom stereocenters. The average Bonchev–Trinajstić information content (AvgIpc) is 2.29. The molecule has 84 valence electrons. The van der Waals surface area contributed by atoms with E-state index >= 15 is 0 Å². The van der Waals surface area contributed by atoms with E-state index in [0.29, 0.717) is 22.7 Å². The Kier molecular flexibility index (Phi) is 3.19. The van der Waals surface area contributed by atoms with Gasteiger partial charge in [0.25, 0.3) is 0 Å². The Balaban J connectivity index is 2.62.